The number of pyridine rings is 1. The molecule has 2 rings (SSSR count). The van der Waals surface area contributed by atoms with Gasteiger partial charge in [0.25, 0.3) is 0 Å². The molecule has 0 spiro atoms. The quantitative estimate of drug-likeness (QED) is 0.751. The molecule has 1 aliphatic rings. The monoisotopic (exact) mass is 283 g/mol. The summed E-state index contributed by atoms with van der Waals surface area (Å²) >= 11 is 0. The molecular formula is C12H18BNO4S. The van der Waals surface area contributed by atoms with Crippen molar-refractivity contribution in [3.05, 3.63) is 18.3 Å². The van der Waals surface area contributed by atoms with E-state index in [9.17, 15) is 8.42 Å². The van der Waals surface area contributed by atoms with E-state index in [0.29, 0.717) is 5.59 Å². The van der Waals surface area contributed by atoms with Crippen molar-refractivity contribution in [2.24, 2.45) is 0 Å². The van der Waals surface area contributed by atoms with Crippen LogP contribution < -0.4 is 5.59 Å². The highest BCUT2D eigenvalue weighted by molar-refractivity contribution is 7.91. The van der Waals surface area contributed by atoms with Gasteiger partial charge in [0.1, 0.15) is 0 Å². The molecule has 1 aliphatic heterocycles. The summed E-state index contributed by atoms with van der Waals surface area (Å²) in [5, 5.41) is 0. The SMILES string of the molecule is CC1(C)OB(c2ncccc2S(C)(=O)=O)OC1(C)C. The zero-order chi connectivity index (χ0) is 14.5. The first-order chi connectivity index (χ1) is 8.55. The van der Waals surface area contributed by atoms with Gasteiger partial charge < -0.3 is 9.31 Å². The second-order valence-electron chi connectivity index (χ2n) is 5.75. The summed E-state index contributed by atoms with van der Waals surface area (Å²) in [6, 6.07) is 3.10. The Hall–Kier alpha value is -0.915. The lowest BCUT2D eigenvalue weighted by Crippen LogP contribution is -2.41. The van der Waals surface area contributed by atoms with Crippen LogP contribution in [0, 0.1) is 0 Å². The molecule has 0 bridgehead atoms. The fraction of sp³-hybridized carbons (Fsp3) is 0.583. The molecule has 1 fully saturated rings. The molecule has 0 unspecified atom stereocenters. The summed E-state index contributed by atoms with van der Waals surface area (Å²) in [6.45, 7) is 7.65. The molecule has 1 aromatic heterocycles. The van der Waals surface area contributed by atoms with Crippen LogP contribution in [0.4, 0.5) is 0 Å². The van der Waals surface area contributed by atoms with E-state index in [4.69, 9.17) is 9.31 Å². The second-order valence-corrected chi connectivity index (χ2v) is 7.73. The van der Waals surface area contributed by atoms with Gasteiger partial charge in [-0.2, -0.15) is 0 Å². The molecule has 0 aromatic carbocycles. The predicted octanol–water partition coefficient (Wildman–Crippen LogP) is 0.784. The van der Waals surface area contributed by atoms with E-state index in [1.54, 1.807) is 6.07 Å². The van der Waals surface area contributed by atoms with Crippen molar-refractivity contribution in [2.75, 3.05) is 6.26 Å². The van der Waals surface area contributed by atoms with Crippen molar-refractivity contribution in [2.45, 2.75) is 43.8 Å². The van der Waals surface area contributed by atoms with Crippen LogP contribution in [0.25, 0.3) is 0 Å². The summed E-state index contributed by atoms with van der Waals surface area (Å²) < 4.78 is 35.2. The normalized spacial score (nSPS) is 21.6. The van der Waals surface area contributed by atoms with Gasteiger partial charge in [-0.25, -0.2) is 8.42 Å². The van der Waals surface area contributed by atoms with Crippen LogP contribution in [-0.4, -0.2) is 38.0 Å². The molecule has 0 amide bonds. The third-order valence-electron chi connectivity index (χ3n) is 3.68. The topological polar surface area (TPSA) is 65.5 Å². The number of hydrogen-bond acceptors (Lipinski definition) is 5. The Morgan fingerprint density at radius 2 is 1.68 bits per heavy atom. The van der Waals surface area contributed by atoms with E-state index in [2.05, 4.69) is 4.98 Å². The summed E-state index contributed by atoms with van der Waals surface area (Å²) in [7, 11) is -4.14. The van der Waals surface area contributed by atoms with Crippen molar-refractivity contribution in [1.29, 1.82) is 0 Å². The van der Waals surface area contributed by atoms with Gasteiger partial charge in [0, 0.05) is 12.5 Å². The molecule has 19 heavy (non-hydrogen) atoms. The zero-order valence-corrected chi connectivity index (χ0v) is 12.6. The Morgan fingerprint density at radius 3 is 2.16 bits per heavy atom. The van der Waals surface area contributed by atoms with Crippen molar-refractivity contribution in [3.8, 4) is 0 Å². The lowest BCUT2D eigenvalue weighted by molar-refractivity contribution is 0.00578. The molecule has 0 N–H and O–H groups in total. The maximum absolute atomic E-state index is 11.8. The van der Waals surface area contributed by atoms with Crippen molar-refractivity contribution >= 4 is 22.5 Å². The summed E-state index contributed by atoms with van der Waals surface area (Å²) in [5.41, 5.74) is -0.739. The van der Waals surface area contributed by atoms with Gasteiger partial charge >= 0.3 is 7.12 Å². The van der Waals surface area contributed by atoms with Gasteiger partial charge in [-0.05, 0) is 39.8 Å². The predicted molar refractivity (Wildman–Crippen MR) is 73.1 cm³/mol. The number of sulfone groups is 1. The van der Waals surface area contributed by atoms with Crippen LogP contribution in [-0.2, 0) is 19.1 Å². The third-order valence-corrected chi connectivity index (χ3v) is 4.82. The molecule has 5 nitrogen and oxygen atoms in total. The van der Waals surface area contributed by atoms with E-state index in [0.717, 1.165) is 6.26 Å². The Bertz CT molecular complexity index is 582. The van der Waals surface area contributed by atoms with E-state index < -0.39 is 28.2 Å². The first kappa shape index (κ1) is 14.5. The molecule has 0 radical (unpaired) electrons. The zero-order valence-electron chi connectivity index (χ0n) is 11.8. The molecule has 1 saturated heterocycles. The van der Waals surface area contributed by atoms with Crippen molar-refractivity contribution in [1.82, 2.24) is 4.98 Å². The van der Waals surface area contributed by atoms with Crippen LogP contribution in [0.5, 0.6) is 0 Å². The van der Waals surface area contributed by atoms with E-state index >= 15 is 0 Å². The van der Waals surface area contributed by atoms with Crippen molar-refractivity contribution in [3.63, 3.8) is 0 Å². The highest BCUT2D eigenvalue weighted by Crippen LogP contribution is 2.36. The Labute approximate surface area is 114 Å². The molecule has 1 aromatic rings. The standard InChI is InChI=1S/C12H18BNO4S/c1-11(2)12(3,4)18-13(17-11)10-9(19(5,15)16)7-6-8-14-10/h6-8H,1-5H3. The van der Waals surface area contributed by atoms with E-state index in [-0.39, 0.29) is 4.90 Å². The van der Waals surface area contributed by atoms with E-state index in [1.165, 1.54) is 12.3 Å². The van der Waals surface area contributed by atoms with Crippen LogP contribution in [0.15, 0.2) is 23.2 Å². The summed E-state index contributed by atoms with van der Waals surface area (Å²) in [5.74, 6) is 0. The minimum Gasteiger partial charge on any atom is -0.398 e. The summed E-state index contributed by atoms with van der Waals surface area (Å²) in [6.07, 6.45) is 2.69. The number of aromatic nitrogens is 1. The first-order valence-corrected chi connectivity index (χ1v) is 7.94. The van der Waals surface area contributed by atoms with Crippen LogP contribution >= 0.6 is 0 Å². The van der Waals surface area contributed by atoms with Gasteiger partial charge in [-0.3, -0.25) is 4.98 Å². The van der Waals surface area contributed by atoms with Gasteiger partial charge in [0.15, 0.2) is 9.84 Å². The smallest absolute Gasteiger partial charge is 0.398 e. The molecule has 104 valence electrons. The average Bonchev–Trinajstić information content (AvgIpc) is 2.47. The summed E-state index contributed by atoms with van der Waals surface area (Å²) in [4.78, 5) is 4.28. The van der Waals surface area contributed by atoms with Gasteiger partial charge in [-0.15, -0.1) is 0 Å². The number of rotatable bonds is 2. The molecular weight excluding hydrogens is 265 g/mol. The maximum atomic E-state index is 11.8. The van der Waals surface area contributed by atoms with Gasteiger partial charge in [-0.1, -0.05) is 0 Å². The second kappa shape index (κ2) is 4.29. The highest BCUT2D eigenvalue weighted by Gasteiger charge is 2.53. The van der Waals surface area contributed by atoms with Crippen LogP contribution in [0.2, 0.25) is 0 Å². The Balaban J connectivity index is 2.47. The van der Waals surface area contributed by atoms with E-state index in [1.807, 2.05) is 27.7 Å². The minimum atomic E-state index is -3.37. The molecule has 0 atom stereocenters. The average molecular weight is 283 g/mol. The maximum Gasteiger partial charge on any atom is 0.515 e. The van der Waals surface area contributed by atoms with Crippen molar-refractivity contribution < 1.29 is 17.7 Å². The fourth-order valence-corrected chi connectivity index (χ4v) is 2.70. The number of nitrogens with zero attached hydrogens (tertiary/aromatic N) is 1. The molecule has 0 saturated carbocycles. The molecule has 2 heterocycles. The highest BCUT2D eigenvalue weighted by atomic mass is 32.2. The third kappa shape index (κ3) is 2.54. The van der Waals surface area contributed by atoms with Gasteiger partial charge in [0.2, 0.25) is 0 Å². The number of hydrogen-bond donors (Lipinski definition) is 0. The fourth-order valence-electron chi connectivity index (χ4n) is 1.85. The van der Waals surface area contributed by atoms with Crippen LogP contribution in [0.3, 0.4) is 0 Å². The minimum absolute atomic E-state index is 0.147. The lowest BCUT2D eigenvalue weighted by atomic mass is 9.84. The van der Waals surface area contributed by atoms with Crippen LogP contribution in [0.1, 0.15) is 27.7 Å². The Kier molecular flexibility index (Phi) is 3.28. The largest absolute Gasteiger partial charge is 0.515 e. The van der Waals surface area contributed by atoms with Gasteiger partial charge in [0.05, 0.1) is 21.7 Å². The molecule has 0 aliphatic carbocycles. The lowest BCUT2D eigenvalue weighted by Gasteiger charge is -2.32. The Morgan fingerprint density at radius 1 is 1.16 bits per heavy atom. The first-order valence-electron chi connectivity index (χ1n) is 6.05. The molecule has 7 heteroatoms.